The lowest BCUT2D eigenvalue weighted by Gasteiger charge is -2.26. The maximum Gasteiger partial charge on any atom is 0.252 e. The smallest absolute Gasteiger partial charge is 0.252 e. The number of rotatable bonds is 7. The molecule has 0 aliphatic heterocycles. The van der Waals surface area contributed by atoms with E-state index in [4.69, 9.17) is 4.74 Å². The molecule has 0 saturated carbocycles. The SMILES string of the molecule is CCCCN(C(=O)COC)C(=C(C)C)c1cccs1. The first-order valence-electron chi connectivity index (χ1n) is 6.62. The fourth-order valence-electron chi connectivity index (χ4n) is 1.94. The molecule has 106 valence electrons. The number of methoxy groups -OCH3 is 1. The predicted molar refractivity (Wildman–Crippen MR) is 81.1 cm³/mol. The van der Waals surface area contributed by atoms with Crippen LogP contribution in [0.5, 0.6) is 0 Å². The van der Waals surface area contributed by atoms with E-state index in [0.717, 1.165) is 35.5 Å². The Kier molecular flexibility index (Phi) is 6.81. The van der Waals surface area contributed by atoms with E-state index in [2.05, 4.69) is 13.0 Å². The quantitative estimate of drug-likeness (QED) is 0.761. The molecule has 19 heavy (non-hydrogen) atoms. The normalized spacial score (nSPS) is 10.3. The summed E-state index contributed by atoms with van der Waals surface area (Å²) in [4.78, 5) is 15.3. The van der Waals surface area contributed by atoms with Gasteiger partial charge in [-0.2, -0.15) is 0 Å². The molecule has 0 atom stereocenters. The van der Waals surface area contributed by atoms with Gasteiger partial charge in [0.2, 0.25) is 0 Å². The van der Waals surface area contributed by atoms with Crippen LogP contribution in [0.1, 0.15) is 38.5 Å². The Morgan fingerprint density at radius 3 is 2.63 bits per heavy atom. The van der Waals surface area contributed by atoms with Crippen molar-refractivity contribution >= 4 is 22.9 Å². The molecule has 1 aromatic rings. The number of hydrogen-bond acceptors (Lipinski definition) is 3. The Morgan fingerprint density at radius 2 is 2.16 bits per heavy atom. The summed E-state index contributed by atoms with van der Waals surface area (Å²) in [6.45, 7) is 7.11. The third-order valence-electron chi connectivity index (χ3n) is 2.80. The minimum atomic E-state index is 0.0283. The fourth-order valence-corrected chi connectivity index (χ4v) is 2.83. The first-order chi connectivity index (χ1) is 9.11. The number of unbranched alkanes of at least 4 members (excludes halogenated alkanes) is 1. The molecule has 0 aliphatic rings. The van der Waals surface area contributed by atoms with E-state index in [1.54, 1.807) is 18.4 Å². The number of carbonyl (C=O) groups is 1. The Bertz CT molecular complexity index is 419. The third kappa shape index (κ3) is 4.48. The Morgan fingerprint density at radius 1 is 1.42 bits per heavy atom. The molecule has 0 bridgehead atoms. The molecule has 0 aliphatic carbocycles. The van der Waals surface area contributed by atoms with E-state index >= 15 is 0 Å². The number of allylic oxidation sites excluding steroid dienone is 1. The highest BCUT2D eigenvalue weighted by Crippen LogP contribution is 2.27. The van der Waals surface area contributed by atoms with Crippen LogP contribution >= 0.6 is 11.3 Å². The highest BCUT2D eigenvalue weighted by molar-refractivity contribution is 7.11. The van der Waals surface area contributed by atoms with E-state index in [0.29, 0.717) is 0 Å². The lowest BCUT2D eigenvalue weighted by molar-refractivity contribution is -0.131. The summed E-state index contributed by atoms with van der Waals surface area (Å²) in [6.07, 6.45) is 2.06. The van der Waals surface area contributed by atoms with Crippen LogP contribution in [-0.2, 0) is 9.53 Å². The monoisotopic (exact) mass is 281 g/mol. The summed E-state index contributed by atoms with van der Waals surface area (Å²) in [5, 5.41) is 2.04. The van der Waals surface area contributed by atoms with Crippen molar-refractivity contribution in [1.29, 1.82) is 0 Å². The molecule has 3 nitrogen and oxygen atoms in total. The number of thiophene rings is 1. The molecule has 0 radical (unpaired) electrons. The summed E-state index contributed by atoms with van der Waals surface area (Å²) >= 11 is 1.66. The highest BCUT2D eigenvalue weighted by atomic mass is 32.1. The first kappa shape index (κ1) is 15.9. The number of amides is 1. The predicted octanol–water partition coefficient (Wildman–Crippen LogP) is 3.77. The molecule has 1 rings (SSSR count). The van der Waals surface area contributed by atoms with Gasteiger partial charge < -0.3 is 9.64 Å². The Hall–Kier alpha value is -1.13. The largest absolute Gasteiger partial charge is 0.375 e. The molecule has 0 spiro atoms. The van der Waals surface area contributed by atoms with Crippen LogP contribution in [0.2, 0.25) is 0 Å². The maximum absolute atomic E-state index is 12.3. The van der Waals surface area contributed by atoms with Gasteiger partial charge in [-0.25, -0.2) is 0 Å². The molecular formula is C15H23NO2S. The van der Waals surface area contributed by atoms with Crippen molar-refractivity contribution in [2.75, 3.05) is 20.3 Å². The molecule has 1 amide bonds. The second-order valence-corrected chi connectivity index (χ2v) is 5.61. The average Bonchev–Trinajstić information content (AvgIpc) is 2.87. The summed E-state index contributed by atoms with van der Waals surface area (Å²) in [7, 11) is 1.56. The van der Waals surface area contributed by atoms with Crippen LogP contribution in [0.15, 0.2) is 23.1 Å². The molecule has 0 aromatic carbocycles. The maximum atomic E-state index is 12.3. The highest BCUT2D eigenvalue weighted by Gasteiger charge is 2.20. The van der Waals surface area contributed by atoms with Gasteiger partial charge in [0, 0.05) is 13.7 Å². The number of ether oxygens (including phenoxy) is 1. The minimum absolute atomic E-state index is 0.0283. The molecule has 1 heterocycles. The van der Waals surface area contributed by atoms with Gasteiger partial charge in [0.1, 0.15) is 6.61 Å². The summed E-state index contributed by atoms with van der Waals surface area (Å²) < 4.78 is 5.00. The zero-order valence-corrected chi connectivity index (χ0v) is 13.0. The van der Waals surface area contributed by atoms with Crippen LogP contribution in [0.4, 0.5) is 0 Å². The van der Waals surface area contributed by atoms with Gasteiger partial charge >= 0.3 is 0 Å². The zero-order valence-electron chi connectivity index (χ0n) is 12.2. The Balaban J connectivity index is 3.05. The van der Waals surface area contributed by atoms with E-state index in [-0.39, 0.29) is 12.5 Å². The molecule has 0 N–H and O–H groups in total. The summed E-state index contributed by atoms with van der Waals surface area (Å²) in [5.74, 6) is 0.0283. The lowest BCUT2D eigenvalue weighted by atomic mass is 10.1. The van der Waals surface area contributed by atoms with Crippen LogP contribution < -0.4 is 0 Å². The number of hydrogen-bond donors (Lipinski definition) is 0. The first-order valence-corrected chi connectivity index (χ1v) is 7.50. The van der Waals surface area contributed by atoms with Gasteiger partial charge in [0.05, 0.1) is 10.6 Å². The summed E-state index contributed by atoms with van der Waals surface area (Å²) in [5.41, 5.74) is 2.19. The van der Waals surface area contributed by atoms with Crippen molar-refractivity contribution in [2.45, 2.75) is 33.6 Å². The van der Waals surface area contributed by atoms with Gasteiger partial charge in [0.25, 0.3) is 5.91 Å². The molecular weight excluding hydrogens is 258 g/mol. The van der Waals surface area contributed by atoms with Gasteiger partial charge in [-0.05, 0) is 31.7 Å². The van der Waals surface area contributed by atoms with Crippen LogP contribution in [-0.4, -0.2) is 31.1 Å². The second-order valence-electron chi connectivity index (χ2n) is 4.66. The topological polar surface area (TPSA) is 29.5 Å². The molecule has 0 saturated heterocycles. The van der Waals surface area contributed by atoms with Crippen molar-refractivity contribution in [1.82, 2.24) is 4.90 Å². The van der Waals surface area contributed by atoms with Crippen molar-refractivity contribution in [2.24, 2.45) is 0 Å². The van der Waals surface area contributed by atoms with Gasteiger partial charge in [-0.1, -0.05) is 25.0 Å². The zero-order chi connectivity index (χ0) is 14.3. The van der Waals surface area contributed by atoms with E-state index < -0.39 is 0 Å². The number of carbonyl (C=O) groups excluding carboxylic acids is 1. The fraction of sp³-hybridized carbons (Fsp3) is 0.533. The van der Waals surface area contributed by atoms with Crippen LogP contribution in [0.3, 0.4) is 0 Å². The van der Waals surface area contributed by atoms with Crippen LogP contribution in [0.25, 0.3) is 5.70 Å². The van der Waals surface area contributed by atoms with E-state index in [9.17, 15) is 4.79 Å². The average molecular weight is 281 g/mol. The van der Waals surface area contributed by atoms with Gasteiger partial charge in [-0.3, -0.25) is 4.79 Å². The van der Waals surface area contributed by atoms with E-state index in [1.165, 1.54) is 0 Å². The van der Waals surface area contributed by atoms with Crippen molar-refractivity contribution in [3.8, 4) is 0 Å². The summed E-state index contributed by atoms with van der Waals surface area (Å²) in [6, 6.07) is 4.08. The standard InChI is InChI=1S/C15H23NO2S/c1-5-6-9-16(14(17)11-18-4)15(12(2)3)13-8-7-10-19-13/h7-8,10H,5-6,9,11H2,1-4H3. The molecule has 4 heteroatoms. The van der Waals surface area contributed by atoms with E-state index in [1.807, 2.05) is 30.2 Å². The van der Waals surface area contributed by atoms with Crippen molar-refractivity contribution in [3.63, 3.8) is 0 Å². The van der Waals surface area contributed by atoms with Crippen molar-refractivity contribution < 1.29 is 9.53 Å². The minimum Gasteiger partial charge on any atom is -0.375 e. The number of nitrogens with zero attached hydrogens (tertiary/aromatic N) is 1. The van der Waals surface area contributed by atoms with Crippen LogP contribution in [0, 0.1) is 0 Å². The van der Waals surface area contributed by atoms with Crippen molar-refractivity contribution in [3.05, 3.63) is 28.0 Å². The van der Waals surface area contributed by atoms with Gasteiger partial charge in [0.15, 0.2) is 0 Å². The molecule has 1 aromatic heterocycles. The second kappa shape index (κ2) is 8.12. The Labute approximate surface area is 119 Å². The third-order valence-corrected chi connectivity index (χ3v) is 3.68. The molecule has 0 unspecified atom stereocenters. The molecule has 0 fully saturated rings. The lowest BCUT2D eigenvalue weighted by Crippen LogP contribution is -2.33. The van der Waals surface area contributed by atoms with Gasteiger partial charge in [-0.15, -0.1) is 11.3 Å².